The van der Waals surface area contributed by atoms with Gasteiger partial charge in [-0.15, -0.1) is 5.10 Å². The summed E-state index contributed by atoms with van der Waals surface area (Å²) in [5, 5.41) is 16.2. The Morgan fingerprint density at radius 3 is 3.09 bits per heavy atom. The Hall–Kier alpha value is -1.58. The predicted molar refractivity (Wildman–Crippen MR) is 39.2 cm³/mol. The van der Waals surface area contributed by atoms with E-state index in [1.54, 1.807) is 12.1 Å². The monoisotopic (exact) mass is 148 g/mol. The van der Waals surface area contributed by atoms with E-state index < -0.39 is 0 Å². The predicted octanol–water partition coefficient (Wildman–Crippen LogP) is 0.851. The Labute approximate surface area is 63.0 Å². The van der Waals surface area contributed by atoms with Gasteiger partial charge in [-0.3, -0.25) is 0 Å². The molecule has 0 atom stereocenters. The first-order chi connectivity index (χ1) is 5.27. The Bertz CT molecular complexity index is 393. The molecule has 0 saturated carbocycles. The molecule has 0 saturated heterocycles. The van der Waals surface area contributed by atoms with Gasteiger partial charge in [-0.1, -0.05) is 10.9 Å². The highest BCUT2D eigenvalue weighted by Gasteiger charge is 2.00. The maximum Gasteiger partial charge on any atom is 0.130 e. The summed E-state index contributed by atoms with van der Waals surface area (Å²) in [7, 11) is 0. The van der Waals surface area contributed by atoms with Crippen LogP contribution in [0.3, 0.4) is 0 Å². The molecule has 55 valence electrons. The summed E-state index contributed by atoms with van der Waals surface area (Å²) >= 11 is 0. The summed E-state index contributed by atoms with van der Waals surface area (Å²) in [5.41, 5.74) is 2.08. The SMILES string of the molecule is [CH2]c1ccc2nnn(O)c2c1. The normalized spacial score (nSPS) is 10.6. The molecule has 0 aliphatic heterocycles. The largest absolute Gasteiger partial charge is 0.410 e. The average molecular weight is 148 g/mol. The van der Waals surface area contributed by atoms with Crippen LogP contribution in [0.2, 0.25) is 0 Å². The van der Waals surface area contributed by atoms with Crippen molar-refractivity contribution in [2.75, 3.05) is 0 Å². The zero-order valence-electron chi connectivity index (χ0n) is 5.73. The van der Waals surface area contributed by atoms with Crippen molar-refractivity contribution in [3.8, 4) is 0 Å². The first kappa shape index (κ1) is 6.15. The minimum absolute atomic E-state index is 0.581. The van der Waals surface area contributed by atoms with Crippen molar-refractivity contribution in [3.05, 3.63) is 30.7 Å². The maximum absolute atomic E-state index is 9.05. The summed E-state index contributed by atoms with van der Waals surface area (Å²) in [6.07, 6.45) is 0. The Balaban J connectivity index is 2.87. The van der Waals surface area contributed by atoms with Crippen molar-refractivity contribution in [1.82, 2.24) is 15.2 Å². The number of rotatable bonds is 0. The lowest BCUT2D eigenvalue weighted by Crippen LogP contribution is -1.91. The lowest BCUT2D eigenvalue weighted by atomic mass is 10.2. The van der Waals surface area contributed by atoms with Crippen LogP contribution < -0.4 is 0 Å². The summed E-state index contributed by atoms with van der Waals surface area (Å²) in [6.45, 7) is 3.71. The van der Waals surface area contributed by atoms with Gasteiger partial charge in [0.05, 0.1) is 0 Å². The fraction of sp³-hybridized carbons (Fsp3) is 0. The van der Waals surface area contributed by atoms with E-state index in [1.165, 1.54) is 0 Å². The molecule has 0 amide bonds. The molecule has 1 N–H and O–H groups in total. The molecule has 1 aromatic heterocycles. The van der Waals surface area contributed by atoms with Crippen LogP contribution in [-0.4, -0.2) is 20.4 Å². The molecule has 4 heteroatoms. The van der Waals surface area contributed by atoms with Crippen LogP contribution >= 0.6 is 0 Å². The minimum Gasteiger partial charge on any atom is -0.410 e. The van der Waals surface area contributed by atoms with Crippen LogP contribution in [-0.2, 0) is 0 Å². The zero-order valence-corrected chi connectivity index (χ0v) is 5.73. The average Bonchev–Trinajstić information content (AvgIpc) is 2.33. The van der Waals surface area contributed by atoms with E-state index in [4.69, 9.17) is 5.21 Å². The van der Waals surface area contributed by atoms with Gasteiger partial charge in [-0.25, -0.2) is 0 Å². The summed E-state index contributed by atoms with van der Waals surface area (Å²) in [5.74, 6) is 0. The van der Waals surface area contributed by atoms with Gasteiger partial charge in [0.25, 0.3) is 0 Å². The molecule has 2 aromatic rings. The van der Waals surface area contributed by atoms with Crippen molar-refractivity contribution in [1.29, 1.82) is 0 Å². The lowest BCUT2D eigenvalue weighted by molar-refractivity contribution is 0.154. The van der Waals surface area contributed by atoms with Gasteiger partial charge >= 0.3 is 0 Å². The Morgan fingerprint density at radius 1 is 1.45 bits per heavy atom. The van der Waals surface area contributed by atoms with Gasteiger partial charge < -0.3 is 5.21 Å². The van der Waals surface area contributed by atoms with Gasteiger partial charge in [0, 0.05) is 0 Å². The second-order valence-corrected chi connectivity index (χ2v) is 2.30. The van der Waals surface area contributed by atoms with Crippen molar-refractivity contribution in [2.45, 2.75) is 0 Å². The molecule has 11 heavy (non-hydrogen) atoms. The fourth-order valence-corrected chi connectivity index (χ4v) is 0.952. The zero-order chi connectivity index (χ0) is 7.84. The second kappa shape index (κ2) is 1.95. The van der Waals surface area contributed by atoms with Crippen LogP contribution in [0.4, 0.5) is 0 Å². The van der Waals surface area contributed by atoms with E-state index in [0.717, 1.165) is 10.4 Å². The third-order valence-corrected chi connectivity index (χ3v) is 1.49. The number of fused-ring (bicyclic) bond motifs is 1. The van der Waals surface area contributed by atoms with Crippen LogP contribution in [0, 0.1) is 6.92 Å². The van der Waals surface area contributed by atoms with E-state index in [-0.39, 0.29) is 0 Å². The highest BCUT2D eigenvalue weighted by atomic mass is 16.5. The van der Waals surface area contributed by atoms with E-state index in [9.17, 15) is 0 Å². The molecule has 1 heterocycles. The number of benzene rings is 1. The molecule has 2 rings (SSSR count). The number of nitrogens with zero attached hydrogens (tertiary/aromatic N) is 3. The van der Waals surface area contributed by atoms with Gasteiger partial charge in [0.1, 0.15) is 11.0 Å². The van der Waals surface area contributed by atoms with Gasteiger partial charge in [0.2, 0.25) is 0 Å². The van der Waals surface area contributed by atoms with Crippen molar-refractivity contribution >= 4 is 11.0 Å². The van der Waals surface area contributed by atoms with Gasteiger partial charge in [-0.2, -0.15) is 0 Å². The summed E-state index contributed by atoms with van der Waals surface area (Å²) < 4.78 is 0. The minimum atomic E-state index is 0.581. The third-order valence-electron chi connectivity index (χ3n) is 1.49. The smallest absolute Gasteiger partial charge is 0.130 e. The van der Waals surface area contributed by atoms with Gasteiger partial charge in [0.15, 0.2) is 0 Å². The number of aromatic nitrogens is 3. The molecule has 0 aliphatic rings. The fourth-order valence-electron chi connectivity index (χ4n) is 0.952. The molecule has 0 bridgehead atoms. The van der Waals surface area contributed by atoms with E-state index in [2.05, 4.69) is 17.2 Å². The molecular weight excluding hydrogens is 142 g/mol. The van der Waals surface area contributed by atoms with Crippen LogP contribution in [0.25, 0.3) is 11.0 Å². The van der Waals surface area contributed by atoms with Crippen LogP contribution in [0.5, 0.6) is 0 Å². The number of hydrogen-bond acceptors (Lipinski definition) is 3. The first-order valence-electron chi connectivity index (χ1n) is 3.14. The molecule has 4 nitrogen and oxygen atoms in total. The van der Waals surface area contributed by atoms with Gasteiger partial charge in [-0.05, 0) is 29.8 Å². The first-order valence-corrected chi connectivity index (χ1v) is 3.14. The standard InChI is InChI=1S/C7H6N3O/c1-5-2-3-6-7(4-5)10(11)9-8-6/h2-4,11H,1H2. The van der Waals surface area contributed by atoms with Crippen LogP contribution in [0.15, 0.2) is 18.2 Å². The molecule has 1 aromatic carbocycles. The summed E-state index contributed by atoms with van der Waals surface area (Å²) in [4.78, 5) is 0.740. The molecule has 0 spiro atoms. The maximum atomic E-state index is 9.05. The van der Waals surface area contributed by atoms with E-state index >= 15 is 0 Å². The Morgan fingerprint density at radius 2 is 2.27 bits per heavy atom. The lowest BCUT2D eigenvalue weighted by Gasteiger charge is -1.91. The molecule has 0 aliphatic carbocycles. The third kappa shape index (κ3) is 0.832. The topological polar surface area (TPSA) is 50.9 Å². The van der Waals surface area contributed by atoms with Crippen LogP contribution in [0.1, 0.15) is 5.56 Å². The molecule has 0 unspecified atom stereocenters. The molecule has 0 fully saturated rings. The number of hydrogen-bond donors (Lipinski definition) is 1. The molecule has 1 radical (unpaired) electrons. The van der Waals surface area contributed by atoms with Crippen molar-refractivity contribution < 1.29 is 5.21 Å². The second-order valence-electron chi connectivity index (χ2n) is 2.30. The van der Waals surface area contributed by atoms with E-state index in [1.807, 2.05) is 6.07 Å². The highest BCUT2D eigenvalue weighted by Crippen LogP contribution is 2.10. The van der Waals surface area contributed by atoms with Crippen molar-refractivity contribution in [3.63, 3.8) is 0 Å². The summed E-state index contributed by atoms with van der Waals surface area (Å²) in [6, 6.07) is 5.30. The van der Waals surface area contributed by atoms with Crippen molar-refractivity contribution in [2.24, 2.45) is 0 Å². The highest BCUT2D eigenvalue weighted by molar-refractivity contribution is 5.74. The van der Waals surface area contributed by atoms with E-state index in [0.29, 0.717) is 11.0 Å². The molecular formula is C7H6N3O. The Kier molecular flexibility index (Phi) is 1.09. The quantitative estimate of drug-likeness (QED) is 0.563.